The minimum Gasteiger partial charge on any atom is -0.399 e. The number of aromatic amines is 1. The Bertz CT molecular complexity index is 458. The van der Waals surface area contributed by atoms with E-state index in [1.54, 1.807) is 0 Å². The van der Waals surface area contributed by atoms with Gasteiger partial charge in [0.05, 0.1) is 5.69 Å². The van der Waals surface area contributed by atoms with Gasteiger partial charge in [-0.1, -0.05) is 0 Å². The summed E-state index contributed by atoms with van der Waals surface area (Å²) in [7, 11) is 0. The molecule has 1 heterocycles. The first kappa shape index (κ1) is 9.77. The Morgan fingerprint density at radius 3 is 2.40 bits per heavy atom. The standard InChI is InChI=1S/C12H15N3/c1-7-4-10(6-11(13)5-7)12-14-8(2)9(3)15-12/h4-6H,13H2,1-3H3,(H,14,15). The number of nitrogens with one attached hydrogen (secondary N) is 1. The SMILES string of the molecule is Cc1cc(N)cc(-c2nc(C)c(C)[nH]2)c1. The van der Waals surface area contributed by atoms with Crippen molar-refractivity contribution in [2.75, 3.05) is 5.73 Å². The highest BCUT2D eigenvalue weighted by molar-refractivity contribution is 5.63. The Hall–Kier alpha value is -1.77. The fraction of sp³-hybridized carbons (Fsp3) is 0.250. The zero-order valence-corrected chi connectivity index (χ0v) is 9.26. The lowest BCUT2D eigenvalue weighted by atomic mass is 10.1. The van der Waals surface area contributed by atoms with Crippen LogP contribution in [0.25, 0.3) is 11.4 Å². The summed E-state index contributed by atoms with van der Waals surface area (Å²) in [6.07, 6.45) is 0. The van der Waals surface area contributed by atoms with E-state index in [2.05, 4.69) is 16.0 Å². The molecule has 0 spiro atoms. The first-order chi connectivity index (χ1) is 7.06. The minimum absolute atomic E-state index is 0.775. The van der Waals surface area contributed by atoms with E-state index >= 15 is 0 Å². The molecule has 1 aromatic heterocycles. The molecule has 15 heavy (non-hydrogen) atoms. The number of hydrogen-bond donors (Lipinski definition) is 2. The van der Waals surface area contributed by atoms with Crippen molar-refractivity contribution in [3.8, 4) is 11.4 Å². The Morgan fingerprint density at radius 2 is 1.87 bits per heavy atom. The third kappa shape index (κ3) is 1.86. The van der Waals surface area contributed by atoms with E-state index in [1.165, 1.54) is 0 Å². The highest BCUT2D eigenvalue weighted by Crippen LogP contribution is 2.21. The zero-order valence-electron chi connectivity index (χ0n) is 9.26. The van der Waals surface area contributed by atoms with Gasteiger partial charge in [-0.05, 0) is 44.5 Å². The van der Waals surface area contributed by atoms with Gasteiger partial charge in [-0.3, -0.25) is 0 Å². The summed E-state index contributed by atoms with van der Waals surface area (Å²) in [5.74, 6) is 0.889. The van der Waals surface area contributed by atoms with Crippen LogP contribution in [0.2, 0.25) is 0 Å². The molecule has 3 N–H and O–H groups in total. The van der Waals surface area contributed by atoms with Crippen molar-refractivity contribution >= 4 is 5.69 Å². The van der Waals surface area contributed by atoms with E-state index in [4.69, 9.17) is 5.73 Å². The van der Waals surface area contributed by atoms with E-state index in [-0.39, 0.29) is 0 Å². The second-order valence-electron chi connectivity index (χ2n) is 3.93. The number of imidazole rings is 1. The quantitative estimate of drug-likeness (QED) is 0.697. The highest BCUT2D eigenvalue weighted by atomic mass is 14.9. The molecule has 0 aliphatic carbocycles. The molecule has 0 saturated carbocycles. The first-order valence-corrected chi connectivity index (χ1v) is 4.97. The summed E-state index contributed by atoms with van der Waals surface area (Å²) >= 11 is 0. The van der Waals surface area contributed by atoms with Crippen molar-refractivity contribution in [1.82, 2.24) is 9.97 Å². The predicted octanol–water partition coefficient (Wildman–Crippen LogP) is 2.58. The van der Waals surface area contributed by atoms with Gasteiger partial charge in [0.2, 0.25) is 0 Å². The molecule has 2 aromatic rings. The number of hydrogen-bond acceptors (Lipinski definition) is 2. The number of H-pyrrole nitrogens is 1. The van der Waals surface area contributed by atoms with Gasteiger partial charge in [-0.25, -0.2) is 4.98 Å². The Kier molecular flexibility index (Phi) is 2.23. The van der Waals surface area contributed by atoms with Crippen molar-refractivity contribution in [2.45, 2.75) is 20.8 Å². The van der Waals surface area contributed by atoms with Gasteiger partial charge in [0.15, 0.2) is 0 Å². The maximum atomic E-state index is 5.80. The maximum absolute atomic E-state index is 5.80. The lowest BCUT2D eigenvalue weighted by Gasteiger charge is -2.01. The average molecular weight is 201 g/mol. The Balaban J connectivity index is 2.53. The van der Waals surface area contributed by atoms with Crippen LogP contribution in [0, 0.1) is 20.8 Å². The molecule has 0 fully saturated rings. The number of nitrogens with two attached hydrogens (primary N) is 1. The molecule has 0 atom stereocenters. The molecule has 3 heteroatoms. The van der Waals surface area contributed by atoms with Crippen LogP contribution < -0.4 is 5.73 Å². The monoisotopic (exact) mass is 201 g/mol. The van der Waals surface area contributed by atoms with Crippen molar-refractivity contribution in [1.29, 1.82) is 0 Å². The number of nitrogens with zero attached hydrogens (tertiary/aromatic N) is 1. The van der Waals surface area contributed by atoms with Gasteiger partial charge >= 0.3 is 0 Å². The van der Waals surface area contributed by atoms with Crippen LogP contribution in [-0.4, -0.2) is 9.97 Å². The summed E-state index contributed by atoms with van der Waals surface area (Å²) in [6.45, 7) is 6.04. The lowest BCUT2D eigenvalue weighted by molar-refractivity contribution is 1.22. The zero-order chi connectivity index (χ0) is 11.0. The smallest absolute Gasteiger partial charge is 0.137 e. The molecular formula is C12H15N3. The molecule has 2 rings (SSSR count). The lowest BCUT2D eigenvalue weighted by Crippen LogP contribution is -1.89. The van der Waals surface area contributed by atoms with E-state index in [9.17, 15) is 0 Å². The van der Waals surface area contributed by atoms with Crippen LogP contribution in [0.5, 0.6) is 0 Å². The van der Waals surface area contributed by atoms with E-state index in [1.807, 2.05) is 32.9 Å². The Morgan fingerprint density at radius 1 is 1.13 bits per heavy atom. The summed E-state index contributed by atoms with van der Waals surface area (Å²) in [5, 5.41) is 0. The number of anilines is 1. The largest absolute Gasteiger partial charge is 0.399 e. The van der Waals surface area contributed by atoms with Crippen molar-refractivity contribution in [2.24, 2.45) is 0 Å². The van der Waals surface area contributed by atoms with Gasteiger partial charge < -0.3 is 10.7 Å². The Labute approximate surface area is 89.4 Å². The topological polar surface area (TPSA) is 54.7 Å². The van der Waals surface area contributed by atoms with E-state index < -0.39 is 0 Å². The second kappa shape index (κ2) is 3.42. The van der Waals surface area contributed by atoms with Gasteiger partial charge in [0, 0.05) is 16.9 Å². The van der Waals surface area contributed by atoms with Gasteiger partial charge in [0.25, 0.3) is 0 Å². The number of aryl methyl sites for hydroxylation is 3. The van der Waals surface area contributed by atoms with Crippen LogP contribution in [-0.2, 0) is 0 Å². The second-order valence-corrected chi connectivity index (χ2v) is 3.93. The maximum Gasteiger partial charge on any atom is 0.137 e. The number of benzene rings is 1. The molecule has 0 saturated heterocycles. The predicted molar refractivity (Wildman–Crippen MR) is 62.6 cm³/mol. The molecule has 78 valence electrons. The molecule has 0 radical (unpaired) electrons. The van der Waals surface area contributed by atoms with Crippen LogP contribution in [0.3, 0.4) is 0 Å². The summed E-state index contributed by atoms with van der Waals surface area (Å²) in [6, 6.07) is 5.96. The van der Waals surface area contributed by atoms with Crippen LogP contribution in [0.15, 0.2) is 18.2 Å². The van der Waals surface area contributed by atoms with Crippen molar-refractivity contribution in [3.05, 3.63) is 35.2 Å². The van der Waals surface area contributed by atoms with Crippen molar-refractivity contribution in [3.63, 3.8) is 0 Å². The summed E-state index contributed by atoms with van der Waals surface area (Å²) < 4.78 is 0. The minimum atomic E-state index is 0.775. The summed E-state index contributed by atoms with van der Waals surface area (Å²) in [4.78, 5) is 7.70. The molecule has 0 aliphatic rings. The third-order valence-corrected chi connectivity index (χ3v) is 2.50. The number of aromatic nitrogens is 2. The number of rotatable bonds is 1. The van der Waals surface area contributed by atoms with Crippen LogP contribution >= 0.6 is 0 Å². The van der Waals surface area contributed by atoms with Crippen LogP contribution in [0.4, 0.5) is 5.69 Å². The normalized spacial score (nSPS) is 10.6. The molecule has 1 aromatic carbocycles. The molecule has 3 nitrogen and oxygen atoms in total. The van der Waals surface area contributed by atoms with Crippen LogP contribution in [0.1, 0.15) is 17.0 Å². The average Bonchev–Trinajstić information content (AvgIpc) is 2.45. The van der Waals surface area contributed by atoms with E-state index in [0.29, 0.717) is 0 Å². The fourth-order valence-corrected chi connectivity index (χ4v) is 1.63. The summed E-state index contributed by atoms with van der Waals surface area (Å²) in [5.41, 5.74) is 10.9. The van der Waals surface area contributed by atoms with Gasteiger partial charge in [-0.15, -0.1) is 0 Å². The fourth-order valence-electron chi connectivity index (χ4n) is 1.63. The van der Waals surface area contributed by atoms with Gasteiger partial charge in [0.1, 0.15) is 5.82 Å². The third-order valence-electron chi connectivity index (χ3n) is 2.50. The highest BCUT2D eigenvalue weighted by Gasteiger charge is 2.05. The molecule has 0 bridgehead atoms. The molecular weight excluding hydrogens is 186 g/mol. The number of nitrogen functional groups attached to an aromatic ring is 1. The van der Waals surface area contributed by atoms with Gasteiger partial charge in [-0.2, -0.15) is 0 Å². The molecule has 0 aliphatic heterocycles. The van der Waals surface area contributed by atoms with E-state index in [0.717, 1.165) is 34.0 Å². The van der Waals surface area contributed by atoms with Crippen molar-refractivity contribution < 1.29 is 0 Å². The first-order valence-electron chi connectivity index (χ1n) is 4.97. The molecule has 0 amide bonds. The molecule has 0 unspecified atom stereocenters.